The summed E-state index contributed by atoms with van der Waals surface area (Å²) in [5, 5.41) is 0.429. The molecule has 3 heteroatoms. The van der Waals surface area contributed by atoms with Gasteiger partial charge in [-0.15, -0.1) is 0 Å². The molecule has 0 aliphatic rings. The Hall–Kier alpha value is -0.700. The molecule has 1 aromatic heterocycles. The summed E-state index contributed by atoms with van der Waals surface area (Å²) in [6.07, 6.45) is 1.74. The van der Waals surface area contributed by atoms with Crippen molar-refractivity contribution in [1.82, 2.24) is 9.97 Å². The highest BCUT2D eigenvalue weighted by Gasteiger charge is 1.93. The van der Waals surface area contributed by atoms with E-state index in [0.717, 1.165) is 11.3 Å². The molecule has 0 aromatic carbocycles. The van der Waals surface area contributed by atoms with Gasteiger partial charge in [0.15, 0.2) is 0 Å². The molecule has 0 saturated heterocycles. The summed E-state index contributed by atoms with van der Waals surface area (Å²) in [6.45, 7) is 3.89. The van der Waals surface area contributed by atoms with Gasteiger partial charge in [-0.3, -0.25) is 0 Å². The summed E-state index contributed by atoms with van der Waals surface area (Å²) in [5.74, 6) is 0. The molecule has 1 aromatic rings. The fourth-order valence-electron chi connectivity index (χ4n) is 0.506. The average Bonchev–Trinajstić information content (AvgIpc) is 1.80. The highest BCUT2D eigenvalue weighted by molar-refractivity contribution is 7.80. The minimum Gasteiger partial charge on any atom is -0.227 e. The van der Waals surface area contributed by atoms with Crippen molar-refractivity contribution in [3.05, 3.63) is 17.5 Å². The first-order chi connectivity index (χ1) is 4.20. The van der Waals surface area contributed by atoms with E-state index in [1.165, 1.54) is 0 Å². The first-order valence-corrected chi connectivity index (χ1v) is 3.08. The minimum atomic E-state index is 0.429. The SMILES string of the molecule is Cc1cnc([S])nc1C. The summed E-state index contributed by atoms with van der Waals surface area (Å²) in [6, 6.07) is 0. The summed E-state index contributed by atoms with van der Waals surface area (Å²) in [5.41, 5.74) is 2.05. The van der Waals surface area contributed by atoms with Gasteiger partial charge >= 0.3 is 0 Å². The molecule has 0 unspecified atom stereocenters. The Kier molecular flexibility index (Phi) is 1.62. The van der Waals surface area contributed by atoms with Crippen molar-refractivity contribution >= 4 is 12.6 Å². The molecular formula is C6H7N2S. The fraction of sp³-hybridized carbons (Fsp3) is 0.333. The van der Waals surface area contributed by atoms with Gasteiger partial charge in [-0.25, -0.2) is 9.97 Å². The van der Waals surface area contributed by atoms with E-state index in [2.05, 4.69) is 9.97 Å². The Bertz CT molecular complexity index is 222. The molecule has 0 fully saturated rings. The van der Waals surface area contributed by atoms with Gasteiger partial charge in [0, 0.05) is 11.9 Å². The van der Waals surface area contributed by atoms with Crippen molar-refractivity contribution in [3.63, 3.8) is 0 Å². The standard InChI is InChI=1S/C6H7N2S/c1-4-3-7-6(9)8-5(4)2/h3H,1-2H3. The van der Waals surface area contributed by atoms with E-state index >= 15 is 0 Å². The maximum absolute atomic E-state index is 4.74. The monoisotopic (exact) mass is 139 g/mol. The smallest absolute Gasteiger partial charge is 0.219 e. The molecule has 2 nitrogen and oxygen atoms in total. The van der Waals surface area contributed by atoms with Gasteiger partial charge in [0.2, 0.25) is 5.16 Å². The van der Waals surface area contributed by atoms with Gasteiger partial charge in [0.25, 0.3) is 0 Å². The van der Waals surface area contributed by atoms with Gasteiger partial charge < -0.3 is 0 Å². The lowest BCUT2D eigenvalue weighted by atomic mass is 10.3. The van der Waals surface area contributed by atoms with Crippen LogP contribution in [0.1, 0.15) is 11.3 Å². The zero-order chi connectivity index (χ0) is 6.85. The first kappa shape index (κ1) is 6.42. The van der Waals surface area contributed by atoms with Crippen molar-refractivity contribution in [2.45, 2.75) is 19.0 Å². The van der Waals surface area contributed by atoms with Crippen LogP contribution in [0.2, 0.25) is 0 Å². The molecule has 1 radical (unpaired) electrons. The third-order valence-corrected chi connectivity index (χ3v) is 1.40. The number of rotatable bonds is 0. The third-order valence-electron chi connectivity index (χ3n) is 1.20. The lowest BCUT2D eigenvalue weighted by Gasteiger charge is -1.94. The zero-order valence-corrected chi connectivity index (χ0v) is 6.20. The van der Waals surface area contributed by atoms with Crippen molar-refractivity contribution in [1.29, 1.82) is 0 Å². The van der Waals surface area contributed by atoms with Crippen LogP contribution in [0.25, 0.3) is 0 Å². The Morgan fingerprint density at radius 2 is 2.11 bits per heavy atom. The molecule has 0 N–H and O–H groups in total. The van der Waals surface area contributed by atoms with E-state index in [-0.39, 0.29) is 0 Å². The van der Waals surface area contributed by atoms with Gasteiger partial charge in [-0.2, -0.15) is 0 Å². The Balaban J connectivity index is 3.17. The van der Waals surface area contributed by atoms with E-state index in [1.807, 2.05) is 13.8 Å². The van der Waals surface area contributed by atoms with E-state index in [0.29, 0.717) is 5.16 Å². The lowest BCUT2D eigenvalue weighted by Crippen LogP contribution is -1.89. The van der Waals surface area contributed by atoms with Crippen molar-refractivity contribution in [2.24, 2.45) is 0 Å². The quantitative estimate of drug-likeness (QED) is 0.511. The molecule has 1 rings (SSSR count). The number of hydrogen-bond donors (Lipinski definition) is 0. The molecule has 0 aliphatic heterocycles. The highest BCUT2D eigenvalue weighted by atomic mass is 32.1. The van der Waals surface area contributed by atoms with Crippen LogP contribution >= 0.6 is 12.6 Å². The predicted molar refractivity (Wildman–Crippen MR) is 37.4 cm³/mol. The topological polar surface area (TPSA) is 25.8 Å². The number of hydrogen-bond acceptors (Lipinski definition) is 2. The average molecular weight is 139 g/mol. The molecule has 0 bridgehead atoms. The summed E-state index contributed by atoms with van der Waals surface area (Å²) < 4.78 is 0. The van der Waals surface area contributed by atoms with E-state index in [9.17, 15) is 0 Å². The molecular weight excluding hydrogens is 132 g/mol. The number of nitrogens with zero attached hydrogens (tertiary/aromatic N) is 2. The van der Waals surface area contributed by atoms with Gasteiger partial charge in [-0.05, 0) is 32.0 Å². The van der Waals surface area contributed by atoms with Crippen LogP contribution in [-0.4, -0.2) is 9.97 Å². The lowest BCUT2D eigenvalue weighted by molar-refractivity contribution is 0.919. The van der Waals surface area contributed by atoms with Crippen LogP contribution in [0.4, 0.5) is 0 Å². The normalized spacial score (nSPS) is 9.56. The summed E-state index contributed by atoms with van der Waals surface area (Å²) >= 11 is 4.74. The molecule has 0 atom stereocenters. The third kappa shape index (κ3) is 1.36. The Morgan fingerprint density at radius 3 is 2.56 bits per heavy atom. The van der Waals surface area contributed by atoms with Crippen LogP contribution in [-0.2, 0) is 0 Å². The molecule has 47 valence electrons. The summed E-state index contributed by atoms with van der Waals surface area (Å²) in [7, 11) is 0. The van der Waals surface area contributed by atoms with Crippen molar-refractivity contribution < 1.29 is 0 Å². The van der Waals surface area contributed by atoms with E-state index in [1.54, 1.807) is 6.20 Å². The van der Waals surface area contributed by atoms with Crippen LogP contribution in [0.5, 0.6) is 0 Å². The number of aryl methyl sites for hydroxylation is 2. The second-order valence-electron chi connectivity index (χ2n) is 1.92. The second-order valence-corrected chi connectivity index (χ2v) is 2.29. The molecule has 1 heterocycles. The van der Waals surface area contributed by atoms with Crippen LogP contribution in [0.3, 0.4) is 0 Å². The van der Waals surface area contributed by atoms with Gasteiger partial charge in [0.05, 0.1) is 0 Å². The molecule has 0 spiro atoms. The second kappa shape index (κ2) is 2.27. The first-order valence-electron chi connectivity index (χ1n) is 2.67. The number of aromatic nitrogens is 2. The van der Waals surface area contributed by atoms with Crippen LogP contribution in [0, 0.1) is 13.8 Å². The maximum atomic E-state index is 4.74. The van der Waals surface area contributed by atoms with Gasteiger partial charge in [-0.1, -0.05) is 0 Å². The Labute approximate surface area is 59.8 Å². The van der Waals surface area contributed by atoms with Crippen LogP contribution in [0.15, 0.2) is 11.4 Å². The Morgan fingerprint density at radius 1 is 1.44 bits per heavy atom. The maximum Gasteiger partial charge on any atom is 0.219 e. The minimum absolute atomic E-state index is 0.429. The molecule has 9 heavy (non-hydrogen) atoms. The van der Waals surface area contributed by atoms with Crippen molar-refractivity contribution in [3.8, 4) is 0 Å². The van der Waals surface area contributed by atoms with E-state index in [4.69, 9.17) is 12.6 Å². The highest BCUT2D eigenvalue weighted by Crippen LogP contribution is 2.02. The summed E-state index contributed by atoms with van der Waals surface area (Å²) in [4.78, 5) is 7.82. The van der Waals surface area contributed by atoms with Crippen molar-refractivity contribution in [2.75, 3.05) is 0 Å². The largest absolute Gasteiger partial charge is 0.227 e. The zero-order valence-electron chi connectivity index (χ0n) is 5.38. The molecule has 0 aliphatic carbocycles. The predicted octanol–water partition coefficient (Wildman–Crippen LogP) is 1.65. The fourth-order valence-corrected chi connectivity index (χ4v) is 0.696. The van der Waals surface area contributed by atoms with Crippen LogP contribution < -0.4 is 0 Å². The molecule has 0 amide bonds. The van der Waals surface area contributed by atoms with Gasteiger partial charge in [0.1, 0.15) is 0 Å². The van der Waals surface area contributed by atoms with E-state index < -0.39 is 0 Å². The molecule has 0 saturated carbocycles.